The second-order valence-electron chi connectivity index (χ2n) is 8.54. The molecule has 3 atom stereocenters. The number of carbonyl (C=O) groups is 2. The van der Waals surface area contributed by atoms with E-state index in [1.165, 1.54) is 11.0 Å². The first-order valence-corrected chi connectivity index (χ1v) is 10.7. The van der Waals surface area contributed by atoms with Crippen molar-refractivity contribution < 1.29 is 23.9 Å². The summed E-state index contributed by atoms with van der Waals surface area (Å²) in [6.07, 6.45) is -0.159. The van der Waals surface area contributed by atoms with E-state index in [-0.39, 0.29) is 23.8 Å². The van der Waals surface area contributed by atoms with Crippen LogP contribution < -0.4 is 5.73 Å². The number of amides is 2. The van der Waals surface area contributed by atoms with Gasteiger partial charge in [-0.1, -0.05) is 20.8 Å². The summed E-state index contributed by atoms with van der Waals surface area (Å²) in [5, 5.41) is 10.2. The first-order valence-electron chi connectivity index (χ1n) is 8.53. The number of primary amides is 1. The third-order valence-electron chi connectivity index (χ3n) is 4.15. The Kier molecular flexibility index (Phi) is 6.83. The maximum atomic E-state index is 12.5. The predicted octanol–water partition coefficient (Wildman–Crippen LogP) is 1.55. The highest BCUT2D eigenvalue weighted by Gasteiger charge is 2.36. The van der Waals surface area contributed by atoms with Crippen LogP contribution in [-0.2, 0) is 14.0 Å². The first-order chi connectivity index (χ1) is 11.2. The van der Waals surface area contributed by atoms with E-state index in [0.29, 0.717) is 0 Å². The summed E-state index contributed by atoms with van der Waals surface area (Å²) in [5.74, 6) is -0.692. The third kappa shape index (κ3) is 6.45. The van der Waals surface area contributed by atoms with Gasteiger partial charge in [-0.25, -0.2) is 4.79 Å². The maximum absolute atomic E-state index is 12.5. The van der Waals surface area contributed by atoms with E-state index in [1.807, 2.05) is 0 Å². The number of nitrogens with two attached hydrogens (primary N) is 1. The highest BCUT2D eigenvalue weighted by atomic mass is 28.3. The maximum Gasteiger partial charge on any atom is 0.410 e. The Morgan fingerprint density at radius 3 is 2.32 bits per heavy atom. The lowest BCUT2D eigenvalue weighted by molar-refractivity contribution is -0.116. The third-order valence-corrected chi connectivity index (χ3v) is 7.28. The van der Waals surface area contributed by atoms with E-state index in [1.54, 1.807) is 20.8 Å². The zero-order valence-corrected chi connectivity index (χ0v) is 17.5. The molecule has 1 aliphatic heterocycles. The van der Waals surface area contributed by atoms with Gasteiger partial charge in [-0.15, -0.1) is 0 Å². The molecule has 144 valence electrons. The van der Waals surface area contributed by atoms with Crippen molar-refractivity contribution in [1.29, 1.82) is 0 Å². The minimum atomic E-state index is -1.51. The van der Waals surface area contributed by atoms with Crippen LogP contribution in [-0.4, -0.2) is 61.9 Å². The number of β-amino-alcohol motifs (C(OH)–C–C–N with tert-alkyl or cyclic N) is 1. The fraction of sp³-hybridized carbons (Fsp3) is 0.765. The van der Waals surface area contributed by atoms with Gasteiger partial charge in [-0.05, 0) is 38.4 Å². The molecule has 25 heavy (non-hydrogen) atoms. The quantitative estimate of drug-likeness (QED) is 0.729. The minimum absolute atomic E-state index is 0.0524. The molecular weight excluding hydrogens is 340 g/mol. The lowest BCUT2D eigenvalue weighted by Gasteiger charge is -2.38. The van der Waals surface area contributed by atoms with Gasteiger partial charge in [0.05, 0.1) is 19.2 Å². The number of hydrogen-bond donors (Lipinski definition) is 2. The fourth-order valence-corrected chi connectivity index (χ4v) is 3.22. The van der Waals surface area contributed by atoms with E-state index in [2.05, 4.69) is 27.3 Å². The van der Waals surface area contributed by atoms with Crippen LogP contribution in [0.25, 0.3) is 0 Å². The van der Waals surface area contributed by atoms with Gasteiger partial charge in [-0.2, -0.15) is 0 Å². The predicted molar refractivity (Wildman–Crippen MR) is 98.7 cm³/mol. The Morgan fingerprint density at radius 1 is 1.32 bits per heavy atom. The molecule has 7 nitrogen and oxygen atoms in total. The summed E-state index contributed by atoms with van der Waals surface area (Å²) < 4.78 is 11.4. The molecule has 0 aromatic rings. The summed E-state index contributed by atoms with van der Waals surface area (Å²) >= 11 is 0. The lowest BCUT2D eigenvalue weighted by atomic mass is 10.00. The fourth-order valence-electron chi connectivity index (χ4n) is 2.24. The van der Waals surface area contributed by atoms with E-state index in [9.17, 15) is 14.7 Å². The highest BCUT2D eigenvalue weighted by molar-refractivity contribution is 6.53. The Morgan fingerprint density at radius 2 is 1.88 bits per heavy atom. The van der Waals surface area contributed by atoms with Gasteiger partial charge in [0.2, 0.25) is 5.91 Å². The van der Waals surface area contributed by atoms with Crippen LogP contribution >= 0.6 is 0 Å². The molecule has 0 saturated carbocycles. The number of aliphatic hydroxyl groups excluding tert-OH is 1. The van der Waals surface area contributed by atoms with Gasteiger partial charge in [0, 0.05) is 5.57 Å². The van der Waals surface area contributed by atoms with Crippen LogP contribution in [0.3, 0.4) is 0 Å². The standard InChI is InChI=1S/C17H32N2O5Si/c1-16(2,3)24-15(22)19-9-13(20)12(14(18)21)8-11(19)10-23-25(7)17(4,5)6/h8,11,13,20,25H,9-10H2,1-7H3,(H2,18,21)/t11-,13+,25?/m0/s1. The van der Waals surface area contributed by atoms with Crippen molar-refractivity contribution in [2.75, 3.05) is 13.2 Å². The first kappa shape index (κ1) is 21.7. The summed E-state index contributed by atoms with van der Waals surface area (Å²) in [6, 6.07) is -0.502. The Balaban J connectivity index is 3.00. The topological polar surface area (TPSA) is 102 Å². The molecule has 0 spiro atoms. The smallest absolute Gasteiger partial charge is 0.410 e. The molecule has 0 aromatic heterocycles. The average Bonchev–Trinajstić information content (AvgIpc) is 2.41. The van der Waals surface area contributed by atoms with Gasteiger partial charge in [-0.3, -0.25) is 9.69 Å². The zero-order valence-electron chi connectivity index (χ0n) is 16.3. The molecule has 0 fully saturated rings. The number of carbonyl (C=O) groups excluding carboxylic acids is 2. The van der Waals surface area contributed by atoms with E-state index >= 15 is 0 Å². The van der Waals surface area contributed by atoms with Crippen molar-refractivity contribution >= 4 is 21.0 Å². The van der Waals surface area contributed by atoms with Gasteiger partial charge in [0.25, 0.3) is 0 Å². The van der Waals surface area contributed by atoms with E-state index in [4.69, 9.17) is 14.9 Å². The van der Waals surface area contributed by atoms with Crippen molar-refractivity contribution in [3.63, 3.8) is 0 Å². The molecule has 0 radical (unpaired) electrons. The Bertz CT molecular complexity index is 536. The minimum Gasteiger partial charge on any atom is -0.444 e. The highest BCUT2D eigenvalue weighted by Crippen LogP contribution is 2.28. The molecule has 0 aromatic carbocycles. The molecule has 1 unspecified atom stereocenters. The van der Waals surface area contributed by atoms with Crippen molar-refractivity contribution in [3.8, 4) is 0 Å². The van der Waals surface area contributed by atoms with Crippen LogP contribution in [0.5, 0.6) is 0 Å². The van der Waals surface area contributed by atoms with Crippen LogP contribution in [0.4, 0.5) is 4.79 Å². The summed E-state index contributed by atoms with van der Waals surface area (Å²) in [5.41, 5.74) is 4.79. The van der Waals surface area contributed by atoms with Gasteiger partial charge < -0.3 is 20.0 Å². The summed E-state index contributed by atoms with van der Waals surface area (Å²) in [4.78, 5) is 25.4. The van der Waals surface area contributed by atoms with Gasteiger partial charge in [0.1, 0.15) is 11.7 Å². The normalized spacial score (nSPS) is 23.0. The second-order valence-corrected chi connectivity index (χ2v) is 11.9. The molecule has 2 amide bonds. The largest absolute Gasteiger partial charge is 0.444 e. The number of hydrogen-bond acceptors (Lipinski definition) is 5. The van der Waals surface area contributed by atoms with Crippen LogP contribution in [0.1, 0.15) is 41.5 Å². The number of nitrogens with zero attached hydrogens (tertiary/aromatic N) is 1. The van der Waals surface area contributed by atoms with Crippen molar-refractivity contribution in [2.24, 2.45) is 5.73 Å². The molecule has 8 heteroatoms. The molecule has 1 aliphatic rings. The van der Waals surface area contributed by atoms with Crippen molar-refractivity contribution in [3.05, 3.63) is 11.6 Å². The number of aliphatic hydroxyl groups is 1. The molecule has 3 N–H and O–H groups in total. The van der Waals surface area contributed by atoms with E-state index in [0.717, 1.165) is 0 Å². The zero-order chi connectivity index (χ0) is 19.6. The van der Waals surface area contributed by atoms with Gasteiger partial charge >= 0.3 is 6.09 Å². The van der Waals surface area contributed by atoms with E-state index < -0.39 is 38.8 Å². The molecule has 1 heterocycles. The Hall–Kier alpha value is -1.38. The molecular formula is C17H32N2O5Si. The molecule has 0 aliphatic carbocycles. The van der Waals surface area contributed by atoms with Crippen molar-refractivity contribution in [2.45, 2.75) is 70.9 Å². The Labute approximate surface area is 151 Å². The molecule has 1 rings (SSSR count). The average molecular weight is 373 g/mol. The number of ether oxygens (including phenoxy) is 1. The van der Waals surface area contributed by atoms with Crippen LogP contribution in [0.2, 0.25) is 11.6 Å². The molecule has 0 saturated heterocycles. The number of rotatable bonds is 4. The van der Waals surface area contributed by atoms with Gasteiger partial charge in [0.15, 0.2) is 9.04 Å². The second kappa shape index (κ2) is 7.88. The monoisotopic (exact) mass is 372 g/mol. The summed E-state index contributed by atoms with van der Waals surface area (Å²) in [6.45, 7) is 14.0. The van der Waals surface area contributed by atoms with Crippen LogP contribution in [0.15, 0.2) is 11.6 Å². The lowest BCUT2D eigenvalue weighted by Crippen LogP contribution is -2.53. The van der Waals surface area contributed by atoms with Crippen LogP contribution in [0, 0.1) is 0 Å². The summed E-state index contributed by atoms with van der Waals surface area (Å²) in [7, 11) is -1.51. The SMILES string of the molecule is C[SiH](OC[C@@H]1C=C(C(N)=O)[C@H](O)CN1C(=O)OC(C)(C)C)C(C)(C)C. The molecule has 0 bridgehead atoms. The van der Waals surface area contributed by atoms with Crippen molar-refractivity contribution in [1.82, 2.24) is 4.90 Å².